The van der Waals surface area contributed by atoms with Crippen molar-refractivity contribution in [1.82, 2.24) is 14.9 Å². The lowest BCUT2D eigenvalue weighted by Gasteiger charge is -2.30. The number of carbonyl (C=O) groups excluding carboxylic acids is 1. The van der Waals surface area contributed by atoms with Crippen molar-refractivity contribution in [2.75, 3.05) is 25.0 Å². The Balaban J connectivity index is 1.31. The number of carbonyl (C=O) groups is 1. The van der Waals surface area contributed by atoms with Crippen LogP contribution in [0.4, 0.5) is 5.69 Å². The molecule has 0 radical (unpaired) electrons. The second kappa shape index (κ2) is 7.30. The van der Waals surface area contributed by atoms with Crippen LogP contribution in [0.5, 0.6) is 0 Å². The molecule has 2 aromatic carbocycles. The van der Waals surface area contributed by atoms with Gasteiger partial charge in [0.1, 0.15) is 5.82 Å². The number of para-hydroxylation sites is 2. The molecule has 2 heterocycles. The summed E-state index contributed by atoms with van der Waals surface area (Å²) in [6, 6.07) is 16.1. The SMILES string of the molecule is Cc1cccc(NC(=O)CN2CCC(c3nc4ccccc4[nH]3)CC2)c1. The van der Waals surface area contributed by atoms with E-state index >= 15 is 0 Å². The molecule has 0 saturated carbocycles. The molecule has 1 saturated heterocycles. The van der Waals surface area contributed by atoms with Gasteiger partial charge in [-0.2, -0.15) is 0 Å². The fraction of sp³-hybridized carbons (Fsp3) is 0.333. The first-order chi connectivity index (χ1) is 12.7. The number of nitrogens with one attached hydrogen (secondary N) is 2. The Morgan fingerprint density at radius 2 is 2.00 bits per heavy atom. The molecule has 5 heteroatoms. The summed E-state index contributed by atoms with van der Waals surface area (Å²) in [7, 11) is 0. The van der Waals surface area contributed by atoms with Crippen molar-refractivity contribution >= 4 is 22.6 Å². The van der Waals surface area contributed by atoms with Crippen LogP contribution in [0.1, 0.15) is 30.1 Å². The van der Waals surface area contributed by atoms with E-state index in [9.17, 15) is 4.79 Å². The third-order valence-corrected chi connectivity index (χ3v) is 5.05. The summed E-state index contributed by atoms with van der Waals surface area (Å²) in [6.07, 6.45) is 2.05. The predicted octanol–water partition coefficient (Wildman–Crippen LogP) is 3.69. The van der Waals surface area contributed by atoms with E-state index in [2.05, 4.69) is 21.3 Å². The van der Waals surface area contributed by atoms with Crippen molar-refractivity contribution in [2.45, 2.75) is 25.7 Å². The number of fused-ring (bicyclic) bond motifs is 1. The number of H-pyrrole nitrogens is 1. The number of likely N-dealkylation sites (tertiary alicyclic amines) is 1. The highest BCUT2D eigenvalue weighted by molar-refractivity contribution is 5.92. The summed E-state index contributed by atoms with van der Waals surface area (Å²) in [5.41, 5.74) is 4.14. The summed E-state index contributed by atoms with van der Waals surface area (Å²) in [6.45, 7) is 4.31. The number of aromatic amines is 1. The maximum absolute atomic E-state index is 12.3. The minimum Gasteiger partial charge on any atom is -0.342 e. The third-order valence-electron chi connectivity index (χ3n) is 5.05. The molecule has 1 aromatic heterocycles. The van der Waals surface area contributed by atoms with E-state index in [0.717, 1.165) is 54.0 Å². The molecule has 0 unspecified atom stereocenters. The van der Waals surface area contributed by atoms with E-state index in [4.69, 9.17) is 4.98 Å². The summed E-state index contributed by atoms with van der Waals surface area (Å²) in [5, 5.41) is 2.99. The average Bonchev–Trinajstić information content (AvgIpc) is 3.06. The van der Waals surface area contributed by atoms with Gasteiger partial charge in [-0.05, 0) is 62.7 Å². The molecule has 1 fully saturated rings. The fourth-order valence-corrected chi connectivity index (χ4v) is 3.66. The van der Waals surface area contributed by atoms with Crippen molar-refractivity contribution in [1.29, 1.82) is 0 Å². The second-order valence-corrected chi connectivity index (χ2v) is 7.11. The van der Waals surface area contributed by atoms with Gasteiger partial charge in [-0.3, -0.25) is 9.69 Å². The zero-order valence-electron chi connectivity index (χ0n) is 15.0. The average molecular weight is 348 g/mol. The molecule has 1 amide bonds. The summed E-state index contributed by atoms with van der Waals surface area (Å²) in [5.74, 6) is 1.58. The highest BCUT2D eigenvalue weighted by Crippen LogP contribution is 2.27. The van der Waals surface area contributed by atoms with Crippen molar-refractivity contribution in [2.24, 2.45) is 0 Å². The van der Waals surface area contributed by atoms with E-state index in [1.165, 1.54) is 0 Å². The second-order valence-electron chi connectivity index (χ2n) is 7.11. The number of aryl methyl sites for hydroxylation is 1. The number of amides is 1. The van der Waals surface area contributed by atoms with Gasteiger partial charge >= 0.3 is 0 Å². The Labute approximate surface area is 153 Å². The third kappa shape index (κ3) is 3.78. The highest BCUT2D eigenvalue weighted by atomic mass is 16.2. The van der Waals surface area contributed by atoms with Crippen LogP contribution in [0.2, 0.25) is 0 Å². The van der Waals surface area contributed by atoms with Gasteiger partial charge in [-0.1, -0.05) is 24.3 Å². The van der Waals surface area contributed by atoms with Crippen molar-refractivity contribution in [3.63, 3.8) is 0 Å². The lowest BCUT2D eigenvalue weighted by Crippen LogP contribution is -2.38. The van der Waals surface area contributed by atoms with Crippen molar-refractivity contribution in [3.05, 3.63) is 59.9 Å². The van der Waals surface area contributed by atoms with Crippen LogP contribution in [0.3, 0.4) is 0 Å². The number of hydrogen-bond acceptors (Lipinski definition) is 3. The molecule has 26 heavy (non-hydrogen) atoms. The number of rotatable bonds is 4. The maximum atomic E-state index is 12.3. The first-order valence-electron chi connectivity index (χ1n) is 9.21. The zero-order chi connectivity index (χ0) is 17.9. The smallest absolute Gasteiger partial charge is 0.238 e. The normalized spacial score (nSPS) is 16.0. The molecule has 1 aliphatic heterocycles. The monoisotopic (exact) mass is 348 g/mol. The molecule has 3 aromatic rings. The Kier molecular flexibility index (Phi) is 4.71. The molecule has 0 aliphatic carbocycles. The molecule has 1 aliphatic rings. The van der Waals surface area contributed by atoms with E-state index in [1.54, 1.807) is 0 Å². The van der Waals surface area contributed by atoms with Crippen LogP contribution in [-0.4, -0.2) is 40.4 Å². The molecule has 0 bridgehead atoms. The molecule has 4 rings (SSSR count). The number of nitrogens with zero attached hydrogens (tertiary/aromatic N) is 2. The Morgan fingerprint density at radius 3 is 2.77 bits per heavy atom. The Morgan fingerprint density at radius 1 is 1.19 bits per heavy atom. The van der Waals surface area contributed by atoms with Crippen LogP contribution in [0, 0.1) is 6.92 Å². The number of anilines is 1. The summed E-state index contributed by atoms with van der Waals surface area (Å²) in [4.78, 5) is 22.7. The Bertz CT molecular complexity index is 876. The van der Waals surface area contributed by atoms with E-state index in [0.29, 0.717) is 12.5 Å². The number of imidazole rings is 1. The van der Waals surface area contributed by atoms with Gasteiger partial charge in [0.25, 0.3) is 0 Å². The fourth-order valence-electron chi connectivity index (χ4n) is 3.66. The number of piperidine rings is 1. The lowest BCUT2D eigenvalue weighted by molar-refractivity contribution is -0.117. The first kappa shape index (κ1) is 16.8. The molecular weight excluding hydrogens is 324 g/mol. The number of hydrogen-bond donors (Lipinski definition) is 2. The number of aromatic nitrogens is 2. The molecular formula is C21H24N4O. The maximum Gasteiger partial charge on any atom is 0.238 e. The van der Waals surface area contributed by atoms with E-state index in [-0.39, 0.29) is 5.91 Å². The predicted molar refractivity (Wildman–Crippen MR) is 104 cm³/mol. The van der Waals surface area contributed by atoms with Crippen molar-refractivity contribution < 1.29 is 4.79 Å². The zero-order valence-corrected chi connectivity index (χ0v) is 15.0. The van der Waals surface area contributed by atoms with Gasteiger partial charge in [0, 0.05) is 11.6 Å². The van der Waals surface area contributed by atoms with Crippen LogP contribution in [0.15, 0.2) is 48.5 Å². The van der Waals surface area contributed by atoms with Gasteiger partial charge in [-0.15, -0.1) is 0 Å². The topological polar surface area (TPSA) is 61.0 Å². The largest absolute Gasteiger partial charge is 0.342 e. The van der Waals surface area contributed by atoms with Gasteiger partial charge in [0.15, 0.2) is 0 Å². The molecule has 0 spiro atoms. The standard InChI is InChI=1S/C21H24N4O/c1-15-5-4-6-17(13-15)22-20(26)14-25-11-9-16(10-12-25)21-23-18-7-2-3-8-19(18)24-21/h2-8,13,16H,9-12,14H2,1H3,(H,22,26)(H,23,24). The first-order valence-corrected chi connectivity index (χ1v) is 9.21. The number of benzene rings is 2. The van der Waals surface area contributed by atoms with E-state index < -0.39 is 0 Å². The molecule has 0 atom stereocenters. The summed E-state index contributed by atoms with van der Waals surface area (Å²) < 4.78 is 0. The van der Waals surface area contributed by atoms with Gasteiger partial charge in [0.2, 0.25) is 5.91 Å². The summed E-state index contributed by atoms with van der Waals surface area (Å²) >= 11 is 0. The quantitative estimate of drug-likeness (QED) is 0.756. The minimum absolute atomic E-state index is 0.0535. The van der Waals surface area contributed by atoms with Crippen LogP contribution >= 0.6 is 0 Å². The molecule has 134 valence electrons. The van der Waals surface area contributed by atoms with Crippen LogP contribution < -0.4 is 5.32 Å². The van der Waals surface area contributed by atoms with E-state index in [1.807, 2.05) is 49.4 Å². The Hall–Kier alpha value is -2.66. The molecule has 5 nitrogen and oxygen atoms in total. The van der Waals surface area contributed by atoms with Gasteiger partial charge in [0.05, 0.1) is 17.6 Å². The van der Waals surface area contributed by atoms with Crippen molar-refractivity contribution in [3.8, 4) is 0 Å². The van der Waals surface area contributed by atoms with Gasteiger partial charge < -0.3 is 10.3 Å². The van der Waals surface area contributed by atoms with Gasteiger partial charge in [-0.25, -0.2) is 4.98 Å². The molecule has 2 N–H and O–H groups in total. The van der Waals surface area contributed by atoms with Crippen LogP contribution in [-0.2, 0) is 4.79 Å². The lowest BCUT2D eigenvalue weighted by atomic mass is 9.96. The highest BCUT2D eigenvalue weighted by Gasteiger charge is 2.24. The minimum atomic E-state index is 0.0535. The van der Waals surface area contributed by atoms with Crippen LogP contribution in [0.25, 0.3) is 11.0 Å².